The highest BCUT2D eigenvalue weighted by Gasteiger charge is 2.18. The number of rotatable bonds is 2. The smallest absolute Gasteiger partial charge is 0.348 e. The van der Waals surface area contributed by atoms with Crippen LogP contribution in [0, 0.1) is 0 Å². The van der Waals surface area contributed by atoms with Crippen molar-refractivity contribution in [1.29, 1.82) is 0 Å². The summed E-state index contributed by atoms with van der Waals surface area (Å²) in [5.74, 6) is -1.63. The van der Waals surface area contributed by atoms with Crippen molar-refractivity contribution in [2.24, 2.45) is 0 Å². The van der Waals surface area contributed by atoms with Gasteiger partial charge in [0.25, 0.3) is 9.05 Å². The van der Waals surface area contributed by atoms with Gasteiger partial charge in [-0.1, -0.05) is 6.58 Å². The number of carbonyl (C=O) groups is 1. The molecule has 0 heterocycles. The van der Waals surface area contributed by atoms with E-state index in [0.29, 0.717) is 0 Å². The van der Waals surface area contributed by atoms with Gasteiger partial charge < -0.3 is 5.11 Å². The molecule has 0 unspecified atom stereocenters. The van der Waals surface area contributed by atoms with Crippen LogP contribution in [0.25, 0.3) is 0 Å². The molecule has 0 aliphatic heterocycles. The average molecular weight is 171 g/mol. The van der Waals surface area contributed by atoms with Crippen LogP contribution in [0.5, 0.6) is 0 Å². The number of carboxylic acid groups (broad SMARTS) is 1. The second kappa shape index (κ2) is 2.36. The lowest BCUT2D eigenvalue weighted by molar-refractivity contribution is -0.131. The van der Waals surface area contributed by atoms with Crippen LogP contribution in [-0.2, 0) is 13.8 Å². The first-order valence-electron chi connectivity index (χ1n) is 1.72. The Hall–Kier alpha value is -0.550. The summed E-state index contributed by atoms with van der Waals surface area (Å²) >= 11 is 0. The molecule has 0 bridgehead atoms. The topological polar surface area (TPSA) is 71.4 Å². The summed E-state index contributed by atoms with van der Waals surface area (Å²) in [5.41, 5.74) is 0. The molecule has 0 rings (SSSR count). The number of hydrogen-bond acceptors (Lipinski definition) is 3. The van der Waals surface area contributed by atoms with Crippen molar-refractivity contribution in [2.75, 3.05) is 0 Å². The first kappa shape index (κ1) is 8.45. The zero-order valence-corrected chi connectivity index (χ0v) is 5.74. The van der Waals surface area contributed by atoms with E-state index in [0.717, 1.165) is 0 Å². The Labute approximate surface area is 56.2 Å². The Kier molecular flexibility index (Phi) is 2.22. The van der Waals surface area contributed by atoms with Crippen LogP contribution in [0.3, 0.4) is 0 Å². The van der Waals surface area contributed by atoms with Gasteiger partial charge in [-0.15, -0.1) is 0 Å². The molecule has 0 radical (unpaired) electrons. The van der Waals surface area contributed by atoms with Crippen molar-refractivity contribution >= 4 is 25.7 Å². The molecule has 0 atom stereocenters. The molecule has 0 fully saturated rings. The summed E-state index contributed by atoms with van der Waals surface area (Å²) in [6.07, 6.45) is 0. The van der Waals surface area contributed by atoms with Gasteiger partial charge in [-0.3, -0.25) is 0 Å². The number of aliphatic carboxylic acids is 1. The third kappa shape index (κ3) is 2.48. The first-order valence-corrected chi connectivity index (χ1v) is 4.03. The van der Waals surface area contributed by atoms with E-state index in [1.54, 1.807) is 0 Å². The van der Waals surface area contributed by atoms with E-state index in [2.05, 4.69) is 17.3 Å². The summed E-state index contributed by atoms with van der Waals surface area (Å²) in [6, 6.07) is 0. The monoisotopic (exact) mass is 170 g/mol. The Bertz CT molecular complexity index is 239. The van der Waals surface area contributed by atoms with Crippen LogP contribution in [0.2, 0.25) is 0 Å². The van der Waals surface area contributed by atoms with Gasteiger partial charge in [0, 0.05) is 10.7 Å². The van der Waals surface area contributed by atoms with Crippen molar-refractivity contribution in [2.45, 2.75) is 0 Å². The third-order valence-electron chi connectivity index (χ3n) is 0.533. The van der Waals surface area contributed by atoms with Gasteiger partial charge in [-0.25, -0.2) is 13.2 Å². The largest absolute Gasteiger partial charge is 0.477 e. The molecule has 0 aliphatic rings. The van der Waals surface area contributed by atoms with Crippen LogP contribution >= 0.6 is 10.7 Å². The molecule has 0 aromatic carbocycles. The van der Waals surface area contributed by atoms with Gasteiger partial charge in [0.1, 0.15) is 0 Å². The first-order chi connectivity index (χ1) is 3.85. The van der Waals surface area contributed by atoms with Crippen molar-refractivity contribution in [3.8, 4) is 0 Å². The molecule has 0 aliphatic carbocycles. The number of carboxylic acids is 1. The number of halogens is 1. The molecule has 0 spiro atoms. The fourth-order valence-corrected chi connectivity index (χ4v) is 0.511. The maximum atomic E-state index is 10.1. The molecule has 4 nitrogen and oxygen atoms in total. The van der Waals surface area contributed by atoms with E-state index in [1.807, 2.05) is 0 Å². The highest BCUT2D eigenvalue weighted by molar-refractivity contribution is 8.17. The highest BCUT2D eigenvalue weighted by Crippen LogP contribution is 2.08. The second-order valence-corrected chi connectivity index (χ2v) is 3.75. The predicted octanol–water partition coefficient (Wildman–Crippen LogP) is 0.153. The number of hydrogen-bond donors (Lipinski definition) is 1. The molecular weight excluding hydrogens is 168 g/mol. The summed E-state index contributed by atoms with van der Waals surface area (Å²) < 4.78 is 20.1. The zero-order valence-electron chi connectivity index (χ0n) is 4.17. The Morgan fingerprint density at radius 3 is 1.89 bits per heavy atom. The summed E-state index contributed by atoms with van der Waals surface area (Å²) in [4.78, 5) is 8.77. The zero-order chi connectivity index (χ0) is 7.65. The van der Waals surface area contributed by atoms with Crippen LogP contribution < -0.4 is 0 Å². The molecule has 0 saturated heterocycles. The van der Waals surface area contributed by atoms with E-state index >= 15 is 0 Å². The quantitative estimate of drug-likeness (QED) is 0.473. The molecule has 6 heteroatoms. The molecular formula is C3H3ClO4S. The standard InChI is InChI=1S/C3H3ClO4S/c1-2(3(5)6)9(4,7)8/h1H2,(H,5,6). The lowest BCUT2D eigenvalue weighted by Gasteiger charge is -1.89. The molecule has 1 N–H and O–H groups in total. The van der Waals surface area contributed by atoms with Gasteiger partial charge >= 0.3 is 5.97 Å². The van der Waals surface area contributed by atoms with Crippen molar-refractivity contribution < 1.29 is 18.3 Å². The van der Waals surface area contributed by atoms with Gasteiger partial charge in [-0.2, -0.15) is 0 Å². The van der Waals surface area contributed by atoms with Crippen LogP contribution in [-0.4, -0.2) is 19.5 Å². The average Bonchev–Trinajstić information content (AvgIpc) is 1.62. The summed E-state index contributed by atoms with van der Waals surface area (Å²) in [6.45, 7) is 2.71. The lowest BCUT2D eigenvalue weighted by Crippen LogP contribution is -2.05. The predicted molar refractivity (Wildman–Crippen MR) is 31.5 cm³/mol. The van der Waals surface area contributed by atoms with Crippen molar-refractivity contribution in [1.82, 2.24) is 0 Å². The molecule has 52 valence electrons. The van der Waals surface area contributed by atoms with Crippen LogP contribution in [0.15, 0.2) is 11.5 Å². The molecule has 0 saturated carbocycles. The summed E-state index contributed by atoms with van der Waals surface area (Å²) in [7, 11) is 0.447. The minimum atomic E-state index is -4.12. The molecule has 0 amide bonds. The van der Waals surface area contributed by atoms with E-state index in [9.17, 15) is 13.2 Å². The van der Waals surface area contributed by atoms with E-state index < -0.39 is 19.9 Å². The lowest BCUT2D eigenvalue weighted by atomic mass is 10.7. The molecule has 0 aromatic heterocycles. The SMILES string of the molecule is C=C(C(=O)O)S(=O)(=O)Cl. The molecule has 9 heavy (non-hydrogen) atoms. The normalized spacial score (nSPS) is 10.8. The van der Waals surface area contributed by atoms with Crippen molar-refractivity contribution in [3.05, 3.63) is 11.5 Å². The maximum absolute atomic E-state index is 10.1. The Morgan fingerprint density at radius 1 is 1.56 bits per heavy atom. The third-order valence-corrected chi connectivity index (χ3v) is 1.85. The minimum Gasteiger partial charge on any atom is -0.477 e. The van der Waals surface area contributed by atoms with E-state index in [1.165, 1.54) is 0 Å². The van der Waals surface area contributed by atoms with E-state index in [-0.39, 0.29) is 0 Å². The van der Waals surface area contributed by atoms with Crippen molar-refractivity contribution in [3.63, 3.8) is 0 Å². The highest BCUT2D eigenvalue weighted by atomic mass is 35.7. The fourth-order valence-electron chi connectivity index (χ4n) is 0.104. The van der Waals surface area contributed by atoms with Gasteiger partial charge in [0.05, 0.1) is 0 Å². The Morgan fingerprint density at radius 2 is 1.89 bits per heavy atom. The maximum Gasteiger partial charge on any atom is 0.348 e. The van der Waals surface area contributed by atoms with Gasteiger partial charge in [0.2, 0.25) is 0 Å². The van der Waals surface area contributed by atoms with Gasteiger partial charge in [-0.05, 0) is 0 Å². The second-order valence-electron chi connectivity index (χ2n) is 1.17. The van der Waals surface area contributed by atoms with Crippen LogP contribution in [0.4, 0.5) is 0 Å². The Balaban J connectivity index is 4.66. The fraction of sp³-hybridized carbons (Fsp3) is 0. The summed E-state index contributed by atoms with van der Waals surface area (Å²) in [5, 5.41) is 7.95. The minimum absolute atomic E-state index is 1.01. The van der Waals surface area contributed by atoms with E-state index in [4.69, 9.17) is 5.11 Å². The van der Waals surface area contributed by atoms with Gasteiger partial charge in [0.15, 0.2) is 4.91 Å². The molecule has 0 aromatic rings. The van der Waals surface area contributed by atoms with Crippen LogP contribution in [0.1, 0.15) is 0 Å².